The molecule has 162 valence electrons. The molecule has 0 aliphatic carbocycles. The molecular weight excluding hydrogens is 388 g/mol. The summed E-state index contributed by atoms with van der Waals surface area (Å²) in [5.41, 5.74) is 3.97. The highest BCUT2D eigenvalue weighted by Gasteiger charge is 2.14. The number of carbonyl (C=O) groups is 1. The van der Waals surface area contributed by atoms with E-state index in [1.54, 1.807) is 6.07 Å². The summed E-state index contributed by atoms with van der Waals surface area (Å²) in [7, 11) is 0. The predicted octanol–water partition coefficient (Wildman–Crippen LogP) is 6.48. The van der Waals surface area contributed by atoms with Gasteiger partial charge >= 0.3 is 0 Å². The first-order valence-electron chi connectivity index (χ1n) is 10.8. The Balaban J connectivity index is 1.63. The number of aromatic nitrogens is 1. The van der Waals surface area contributed by atoms with Crippen molar-refractivity contribution in [3.8, 4) is 11.5 Å². The number of ether oxygens (including phenoxy) is 2. The van der Waals surface area contributed by atoms with Gasteiger partial charge in [0.1, 0.15) is 11.5 Å². The first kappa shape index (κ1) is 22.5. The molecule has 3 aromatic rings. The molecule has 0 bridgehead atoms. The van der Waals surface area contributed by atoms with E-state index in [9.17, 15) is 4.79 Å². The van der Waals surface area contributed by atoms with Gasteiger partial charge < -0.3 is 14.8 Å². The van der Waals surface area contributed by atoms with Crippen molar-refractivity contribution in [2.75, 3.05) is 11.9 Å². The first-order valence-corrected chi connectivity index (χ1v) is 10.8. The maximum Gasteiger partial charge on any atom is 0.257 e. The standard InChI is InChI=1S/C26H30N2O3/c1-5-16-30-19(4)25-15-14-24(18(3)27-25)26(29)28-21-10-12-22(13-11-21)31-23-9-7-8-20(6-2)17-23/h7-15,17,19H,5-6,16H2,1-4H3,(H,28,29). The van der Waals surface area contributed by atoms with Crippen molar-refractivity contribution >= 4 is 11.6 Å². The van der Waals surface area contributed by atoms with Crippen LogP contribution < -0.4 is 10.1 Å². The van der Waals surface area contributed by atoms with Gasteiger partial charge in [-0.25, -0.2) is 0 Å². The van der Waals surface area contributed by atoms with Gasteiger partial charge in [0, 0.05) is 12.3 Å². The van der Waals surface area contributed by atoms with E-state index in [-0.39, 0.29) is 12.0 Å². The molecule has 1 atom stereocenters. The molecule has 0 fully saturated rings. The lowest BCUT2D eigenvalue weighted by molar-refractivity contribution is 0.0632. The van der Waals surface area contributed by atoms with E-state index in [1.165, 1.54) is 5.56 Å². The normalized spacial score (nSPS) is 11.7. The van der Waals surface area contributed by atoms with Gasteiger partial charge in [-0.15, -0.1) is 0 Å². The van der Waals surface area contributed by atoms with Gasteiger partial charge in [0.05, 0.1) is 23.1 Å². The van der Waals surface area contributed by atoms with Crippen LogP contribution in [0.1, 0.15) is 60.6 Å². The van der Waals surface area contributed by atoms with E-state index < -0.39 is 0 Å². The summed E-state index contributed by atoms with van der Waals surface area (Å²) in [6.07, 6.45) is 1.82. The number of pyridine rings is 1. The average Bonchev–Trinajstić information content (AvgIpc) is 2.78. The number of carbonyl (C=O) groups excluding carboxylic acids is 1. The topological polar surface area (TPSA) is 60.5 Å². The molecule has 1 unspecified atom stereocenters. The summed E-state index contributed by atoms with van der Waals surface area (Å²) < 4.78 is 11.6. The third-order valence-electron chi connectivity index (χ3n) is 5.00. The van der Waals surface area contributed by atoms with Crippen molar-refractivity contribution in [3.63, 3.8) is 0 Å². The van der Waals surface area contributed by atoms with Crippen LogP contribution in [-0.2, 0) is 11.2 Å². The predicted molar refractivity (Wildman–Crippen MR) is 124 cm³/mol. The number of anilines is 1. The highest BCUT2D eigenvalue weighted by molar-refractivity contribution is 6.05. The third kappa shape index (κ3) is 6.15. The van der Waals surface area contributed by atoms with Gasteiger partial charge in [0.15, 0.2) is 0 Å². The minimum absolute atomic E-state index is 0.0960. The Labute approximate surface area is 184 Å². The second-order valence-electron chi connectivity index (χ2n) is 7.46. The van der Waals surface area contributed by atoms with E-state index in [2.05, 4.69) is 30.2 Å². The molecule has 0 aliphatic heterocycles. The van der Waals surface area contributed by atoms with Crippen molar-refractivity contribution in [2.24, 2.45) is 0 Å². The smallest absolute Gasteiger partial charge is 0.257 e. The fraction of sp³-hybridized carbons (Fsp3) is 0.308. The monoisotopic (exact) mass is 418 g/mol. The van der Waals surface area contributed by atoms with Crippen molar-refractivity contribution < 1.29 is 14.3 Å². The molecule has 1 N–H and O–H groups in total. The van der Waals surface area contributed by atoms with E-state index in [4.69, 9.17) is 9.47 Å². The Morgan fingerprint density at radius 3 is 2.48 bits per heavy atom. The number of hydrogen-bond donors (Lipinski definition) is 1. The van der Waals surface area contributed by atoms with Crippen molar-refractivity contribution in [1.82, 2.24) is 4.98 Å². The van der Waals surface area contributed by atoms with Crippen LogP contribution in [0.15, 0.2) is 60.7 Å². The fourth-order valence-electron chi connectivity index (χ4n) is 3.20. The zero-order valence-corrected chi connectivity index (χ0v) is 18.6. The Hall–Kier alpha value is -3.18. The van der Waals surface area contributed by atoms with Crippen LogP contribution in [0.3, 0.4) is 0 Å². The van der Waals surface area contributed by atoms with E-state index in [0.717, 1.165) is 30.0 Å². The molecular formula is C26H30N2O3. The van der Waals surface area contributed by atoms with Gasteiger partial charge in [0.2, 0.25) is 0 Å². The minimum atomic E-state index is -0.192. The molecule has 0 radical (unpaired) electrons. The molecule has 5 nitrogen and oxygen atoms in total. The second kappa shape index (κ2) is 10.7. The Morgan fingerprint density at radius 1 is 1.03 bits per heavy atom. The SMILES string of the molecule is CCCOC(C)c1ccc(C(=O)Nc2ccc(Oc3cccc(CC)c3)cc2)c(C)n1. The molecule has 3 rings (SSSR count). The maximum atomic E-state index is 12.7. The number of amides is 1. The second-order valence-corrected chi connectivity index (χ2v) is 7.46. The lowest BCUT2D eigenvalue weighted by Crippen LogP contribution is -2.15. The van der Waals surface area contributed by atoms with Crippen LogP contribution in [-0.4, -0.2) is 17.5 Å². The molecule has 0 aliphatic rings. The molecule has 0 saturated heterocycles. The third-order valence-corrected chi connectivity index (χ3v) is 5.00. The van der Waals surface area contributed by atoms with Crippen LogP contribution in [0.25, 0.3) is 0 Å². The van der Waals surface area contributed by atoms with Gasteiger partial charge in [-0.2, -0.15) is 0 Å². The highest BCUT2D eigenvalue weighted by atomic mass is 16.5. The summed E-state index contributed by atoms with van der Waals surface area (Å²) in [4.78, 5) is 17.3. The maximum absolute atomic E-state index is 12.7. The van der Waals surface area contributed by atoms with Crippen LogP contribution in [0.5, 0.6) is 11.5 Å². The molecule has 1 heterocycles. The molecule has 0 spiro atoms. The summed E-state index contributed by atoms with van der Waals surface area (Å²) in [5, 5.41) is 2.93. The zero-order valence-electron chi connectivity index (χ0n) is 18.6. The summed E-state index contributed by atoms with van der Waals surface area (Å²) in [5.74, 6) is 1.33. The van der Waals surface area contributed by atoms with E-state index in [1.807, 2.05) is 62.4 Å². The summed E-state index contributed by atoms with van der Waals surface area (Å²) >= 11 is 0. The van der Waals surface area contributed by atoms with Crippen LogP contribution in [0, 0.1) is 6.92 Å². The Morgan fingerprint density at radius 2 is 1.81 bits per heavy atom. The van der Waals surface area contributed by atoms with Gasteiger partial charge in [0.25, 0.3) is 5.91 Å². The van der Waals surface area contributed by atoms with Gasteiger partial charge in [-0.05, 0) is 80.8 Å². The Kier molecular flexibility index (Phi) is 7.79. The van der Waals surface area contributed by atoms with Crippen LogP contribution >= 0.6 is 0 Å². The Bertz CT molecular complexity index is 1020. The lowest BCUT2D eigenvalue weighted by atomic mass is 10.1. The van der Waals surface area contributed by atoms with E-state index >= 15 is 0 Å². The number of nitrogens with one attached hydrogen (secondary N) is 1. The van der Waals surface area contributed by atoms with Crippen molar-refractivity contribution in [1.29, 1.82) is 0 Å². The molecule has 5 heteroatoms. The fourth-order valence-corrected chi connectivity index (χ4v) is 3.20. The number of nitrogens with zero attached hydrogens (tertiary/aromatic N) is 1. The zero-order chi connectivity index (χ0) is 22.2. The first-order chi connectivity index (χ1) is 15.0. The summed E-state index contributed by atoms with van der Waals surface area (Å²) in [6.45, 7) is 8.68. The molecule has 2 aromatic carbocycles. The molecule has 0 saturated carbocycles. The molecule has 1 amide bonds. The van der Waals surface area contributed by atoms with Crippen LogP contribution in [0.4, 0.5) is 5.69 Å². The molecule has 31 heavy (non-hydrogen) atoms. The van der Waals surface area contributed by atoms with E-state index in [0.29, 0.717) is 23.6 Å². The van der Waals surface area contributed by atoms with Gasteiger partial charge in [-0.1, -0.05) is 26.0 Å². The van der Waals surface area contributed by atoms with Crippen molar-refractivity contribution in [2.45, 2.75) is 46.6 Å². The minimum Gasteiger partial charge on any atom is -0.457 e. The summed E-state index contributed by atoms with van der Waals surface area (Å²) in [6, 6.07) is 19.0. The number of rotatable bonds is 9. The highest BCUT2D eigenvalue weighted by Crippen LogP contribution is 2.24. The average molecular weight is 419 g/mol. The molecule has 1 aromatic heterocycles. The van der Waals surface area contributed by atoms with Crippen molar-refractivity contribution in [3.05, 3.63) is 83.2 Å². The number of benzene rings is 2. The van der Waals surface area contributed by atoms with Crippen LogP contribution in [0.2, 0.25) is 0 Å². The van der Waals surface area contributed by atoms with Gasteiger partial charge in [-0.3, -0.25) is 9.78 Å². The quantitative estimate of drug-likeness (QED) is 0.432. The largest absolute Gasteiger partial charge is 0.457 e. The number of hydrogen-bond acceptors (Lipinski definition) is 4. The lowest BCUT2D eigenvalue weighted by Gasteiger charge is -2.14. The number of aryl methyl sites for hydroxylation is 2.